The van der Waals surface area contributed by atoms with Gasteiger partial charge in [-0.15, -0.1) is 0 Å². The van der Waals surface area contributed by atoms with Gasteiger partial charge in [0.25, 0.3) is 0 Å². The Morgan fingerprint density at radius 1 is 1.46 bits per heavy atom. The number of ether oxygens (including phenoxy) is 1. The maximum Gasteiger partial charge on any atom is 0.186 e. The molecule has 0 saturated carbocycles. The van der Waals surface area contributed by atoms with Gasteiger partial charge in [0.2, 0.25) is 0 Å². The van der Waals surface area contributed by atoms with Crippen molar-refractivity contribution in [2.45, 2.75) is 19.8 Å². The van der Waals surface area contributed by atoms with Crippen molar-refractivity contribution in [3.63, 3.8) is 0 Å². The fourth-order valence-electron chi connectivity index (χ4n) is 1.45. The Hall–Kier alpha value is -1.36. The van der Waals surface area contributed by atoms with E-state index < -0.39 is 0 Å². The van der Waals surface area contributed by atoms with Gasteiger partial charge in [-0.05, 0) is 19.8 Å². The van der Waals surface area contributed by atoms with Gasteiger partial charge in [0.15, 0.2) is 11.6 Å². The second-order valence-electron chi connectivity index (χ2n) is 2.99. The molecule has 0 atom stereocenters. The van der Waals surface area contributed by atoms with Gasteiger partial charge in [-0.2, -0.15) is 0 Å². The Labute approximate surface area is 76.3 Å². The lowest BCUT2D eigenvalue weighted by Gasteiger charge is -2.18. The summed E-state index contributed by atoms with van der Waals surface area (Å²) in [6.07, 6.45) is 1.95. The maximum absolute atomic E-state index is 5.43. The zero-order chi connectivity index (χ0) is 9.26. The fraction of sp³-hybridized carbons (Fsp3) is 0.500. The van der Waals surface area contributed by atoms with Crippen molar-refractivity contribution >= 4 is 5.82 Å². The van der Waals surface area contributed by atoms with E-state index in [1.165, 1.54) is 0 Å². The van der Waals surface area contributed by atoms with E-state index in [1.807, 2.05) is 6.92 Å². The minimum Gasteiger partial charge on any atom is -0.488 e. The van der Waals surface area contributed by atoms with Crippen molar-refractivity contribution in [3.8, 4) is 5.75 Å². The third-order valence-corrected chi connectivity index (χ3v) is 1.99. The molecule has 3 N–H and O–H groups in total. The molecule has 5 nitrogen and oxygen atoms in total. The summed E-state index contributed by atoms with van der Waals surface area (Å²) < 4.78 is 5.43. The molecule has 0 aromatic carbocycles. The molecule has 1 aliphatic heterocycles. The van der Waals surface area contributed by atoms with Crippen LogP contribution in [0.5, 0.6) is 5.75 Å². The topological polar surface area (TPSA) is 73.1 Å². The Balaban J connectivity index is 2.50. The number of nitrogens with two attached hydrogens (primary N) is 1. The summed E-state index contributed by atoms with van der Waals surface area (Å²) >= 11 is 0. The van der Waals surface area contributed by atoms with Crippen LogP contribution >= 0.6 is 0 Å². The Morgan fingerprint density at radius 3 is 3.08 bits per heavy atom. The zero-order valence-corrected chi connectivity index (χ0v) is 7.50. The summed E-state index contributed by atoms with van der Waals surface area (Å²) in [5, 5.41) is 0. The summed E-state index contributed by atoms with van der Waals surface area (Å²) in [4.78, 5) is 8.42. The second-order valence-corrected chi connectivity index (χ2v) is 2.99. The minimum atomic E-state index is 0.585. The number of hydrogen-bond acceptors (Lipinski definition) is 5. The maximum atomic E-state index is 5.43. The monoisotopic (exact) mass is 180 g/mol. The van der Waals surface area contributed by atoms with E-state index >= 15 is 0 Å². The Kier molecular flexibility index (Phi) is 2.02. The number of rotatable bonds is 1. The van der Waals surface area contributed by atoms with Crippen LogP contribution in [0, 0.1) is 6.92 Å². The average molecular weight is 180 g/mol. The molecule has 0 bridgehead atoms. The smallest absolute Gasteiger partial charge is 0.186 e. The van der Waals surface area contributed by atoms with Crippen molar-refractivity contribution in [1.82, 2.24) is 9.97 Å². The van der Waals surface area contributed by atoms with Crippen LogP contribution < -0.4 is 16.0 Å². The molecule has 2 rings (SSSR count). The van der Waals surface area contributed by atoms with Crippen LogP contribution in [-0.2, 0) is 6.42 Å². The predicted octanol–water partition coefficient (Wildman–Crippen LogP) is 0.396. The normalized spacial score (nSPS) is 14.6. The molecule has 0 radical (unpaired) electrons. The van der Waals surface area contributed by atoms with Gasteiger partial charge in [-0.25, -0.2) is 15.8 Å². The van der Waals surface area contributed by atoms with Crippen LogP contribution in [0.15, 0.2) is 0 Å². The number of fused-ring (bicyclic) bond motifs is 1. The molecule has 1 aliphatic rings. The molecule has 0 saturated heterocycles. The fourth-order valence-corrected chi connectivity index (χ4v) is 1.45. The van der Waals surface area contributed by atoms with Gasteiger partial charge in [-0.1, -0.05) is 0 Å². The lowest BCUT2D eigenvalue weighted by atomic mass is 10.2. The highest BCUT2D eigenvalue weighted by molar-refractivity contribution is 5.52. The van der Waals surface area contributed by atoms with Crippen molar-refractivity contribution in [3.05, 3.63) is 11.5 Å². The Bertz CT molecular complexity index is 309. The van der Waals surface area contributed by atoms with Crippen LogP contribution in [0.2, 0.25) is 0 Å². The second kappa shape index (κ2) is 3.18. The van der Waals surface area contributed by atoms with Gasteiger partial charge in [-0.3, -0.25) is 0 Å². The van der Waals surface area contributed by atoms with Gasteiger partial charge in [0.05, 0.1) is 12.3 Å². The summed E-state index contributed by atoms with van der Waals surface area (Å²) in [5.41, 5.74) is 3.47. The first-order valence-electron chi connectivity index (χ1n) is 4.28. The van der Waals surface area contributed by atoms with Crippen LogP contribution in [-0.4, -0.2) is 16.6 Å². The summed E-state index contributed by atoms with van der Waals surface area (Å²) in [6, 6.07) is 0. The van der Waals surface area contributed by atoms with Crippen LogP contribution in [0.1, 0.15) is 17.9 Å². The van der Waals surface area contributed by atoms with Gasteiger partial charge < -0.3 is 10.2 Å². The minimum absolute atomic E-state index is 0.585. The SMILES string of the molecule is Cc1nc2c(c(NN)n1)OCCC2. The van der Waals surface area contributed by atoms with E-state index in [1.54, 1.807) is 0 Å². The van der Waals surface area contributed by atoms with Crippen molar-refractivity contribution in [1.29, 1.82) is 0 Å². The molecule has 0 aliphatic carbocycles. The Morgan fingerprint density at radius 2 is 2.31 bits per heavy atom. The summed E-state index contributed by atoms with van der Waals surface area (Å²) in [7, 11) is 0. The van der Waals surface area contributed by atoms with Gasteiger partial charge in [0, 0.05) is 0 Å². The van der Waals surface area contributed by atoms with E-state index in [4.69, 9.17) is 10.6 Å². The highest BCUT2D eigenvalue weighted by atomic mass is 16.5. The first-order chi connectivity index (χ1) is 6.31. The summed E-state index contributed by atoms with van der Waals surface area (Å²) in [5.74, 6) is 7.34. The molecule has 1 aromatic rings. The molecular formula is C8H12N4O. The lowest BCUT2D eigenvalue weighted by molar-refractivity contribution is 0.284. The predicted molar refractivity (Wildman–Crippen MR) is 48.4 cm³/mol. The molecule has 0 spiro atoms. The number of nitrogens with one attached hydrogen (secondary N) is 1. The molecular weight excluding hydrogens is 168 g/mol. The highest BCUT2D eigenvalue weighted by Crippen LogP contribution is 2.29. The highest BCUT2D eigenvalue weighted by Gasteiger charge is 2.17. The van der Waals surface area contributed by atoms with Crippen LogP contribution in [0.25, 0.3) is 0 Å². The third-order valence-electron chi connectivity index (χ3n) is 1.99. The van der Waals surface area contributed by atoms with E-state index in [2.05, 4.69) is 15.4 Å². The number of hydrogen-bond donors (Lipinski definition) is 2. The standard InChI is InChI=1S/C8H12N4O/c1-5-10-6-3-2-4-13-7(6)8(11-5)12-9/h2-4,9H2,1H3,(H,10,11,12). The van der Waals surface area contributed by atoms with Gasteiger partial charge in [0.1, 0.15) is 5.82 Å². The van der Waals surface area contributed by atoms with Crippen LogP contribution in [0.4, 0.5) is 5.82 Å². The molecule has 13 heavy (non-hydrogen) atoms. The molecule has 1 aromatic heterocycles. The number of nitrogen functional groups attached to an aromatic ring is 1. The van der Waals surface area contributed by atoms with E-state index in [0.717, 1.165) is 24.4 Å². The number of anilines is 1. The first-order valence-corrected chi connectivity index (χ1v) is 4.28. The van der Waals surface area contributed by atoms with Crippen LogP contribution in [0.3, 0.4) is 0 Å². The molecule has 70 valence electrons. The molecule has 5 heteroatoms. The van der Waals surface area contributed by atoms with Crippen molar-refractivity contribution in [2.75, 3.05) is 12.0 Å². The molecule has 0 amide bonds. The van der Waals surface area contributed by atoms with Gasteiger partial charge >= 0.3 is 0 Å². The lowest BCUT2D eigenvalue weighted by Crippen LogP contribution is -2.17. The molecule has 2 heterocycles. The van der Waals surface area contributed by atoms with E-state index in [-0.39, 0.29) is 0 Å². The van der Waals surface area contributed by atoms with E-state index in [9.17, 15) is 0 Å². The number of hydrazine groups is 1. The zero-order valence-electron chi connectivity index (χ0n) is 7.50. The third kappa shape index (κ3) is 1.42. The van der Waals surface area contributed by atoms with E-state index in [0.29, 0.717) is 18.2 Å². The summed E-state index contributed by atoms with van der Waals surface area (Å²) in [6.45, 7) is 2.56. The van der Waals surface area contributed by atoms with Crippen molar-refractivity contribution in [2.24, 2.45) is 5.84 Å². The average Bonchev–Trinajstić information content (AvgIpc) is 2.16. The number of nitrogens with zero attached hydrogens (tertiary/aromatic N) is 2. The number of aromatic nitrogens is 2. The largest absolute Gasteiger partial charge is 0.488 e. The number of aryl methyl sites for hydroxylation is 2. The first kappa shape index (κ1) is 8.25. The van der Waals surface area contributed by atoms with Crippen molar-refractivity contribution < 1.29 is 4.74 Å². The quantitative estimate of drug-likeness (QED) is 0.483. The molecule has 0 unspecified atom stereocenters. The molecule has 0 fully saturated rings.